The van der Waals surface area contributed by atoms with Gasteiger partial charge in [-0.25, -0.2) is 4.79 Å². The average molecular weight is 385 g/mol. The number of hydrogen-bond acceptors (Lipinski definition) is 4. The highest BCUT2D eigenvalue weighted by atomic mass is 16.5. The van der Waals surface area contributed by atoms with E-state index in [1.807, 2.05) is 38.1 Å². The Balaban J connectivity index is 2.17. The van der Waals surface area contributed by atoms with Crippen molar-refractivity contribution in [2.75, 3.05) is 19.7 Å². The van der Waals surface area contributed by atoms with Crippen LogP contribution in [0, 0.1) is 20.8 Å². The van der Waals surface area contributed by atoms with E-state index in [1.165, 1.54) is 0 Å². The zero-order chi connectivity index (χ0) is 20.8. The number of carbonyl (C=O) groups excluding carboxylic acids is 1. The van der Waals surface area contributed by atoms with Crippen LogP contribution in [0.4, 0.5) is 0 Å². The van der Waals surface area contributed by atoms with Gasteiger partial charge in [-0.1, -0.05) is 29.8 Å². The van der Waals surface area contributed by atoms with Gasteiger partial charge >= 0.3 is 5.97 Å². The molecular weight excluding hydrogens is 358 g/mol. The van der Waals surface area contributed by atoms with E-state index in [2.05, 4.69) is 0 Å². The second-order valence-corrected chi connectivity index (χ2v) is 6.89. The number of likely N-dealkylation sites (N-methyl/N-ethyl adjacent to an activating group) is 1. The predicted octanol–water partition coefficient (Wildman–Crippen LogP) is 3.27. The molecule has 0 saturated carbocycles. The first-order valence-corrected chi connectivity index (χ1v) is 9.22. The monoisotopic (exact) mass is 385 g/mol. The molecule has 0 aliphatic carbocycles. The van der Waals surface area contributed by atoms with Crippen LogP contribution in [0.2, 0.25) is 0 Å². The maximum absolute atomic E-state index is 13.0. The number of carboxylic acid groups (broad SMARTS) is 1. The number of carbonyl (C=O) groups is 2. The fraction of sp³-hybridized carbons (Fsp3) is 0.364. The van der Waals surface area contributed by atoms with Gasteiger partial charge in [-0.05, 0) is 56.5 Å². The van der Waals surface area contributed by atoms with Crippen LogP contribution in [0.5, 0.6) is 5.75 Å². The van der Waals surface area contributed by atoms with Crippen molar-refractivity contribution < 1.29 is 24.5 Å². The van der Waals surface area contributed by atoms with Gasteiger partial charge in [0.15, 0.2) is 6.61 Å². The van der Waals surface area contributed by atoms with E-state index in [0.717, 1.165) is 11.1 Å². The van der Waals surface area contributed by atoms with Gasteiger partial charge in [-0.15, -0.1) is 0 Å². The zero-order valence-corrected chi connectivity index (χ0v) is 16.7. The molecule has 150 valence electrons. The Morgan fingerprint density at radius 1 is 1.07 bits per heavy atom. The molecule has 0 aliphatic heterocycles. The van der Waals surface area contributed by atoms with Crippen molar-refractivity contribution in [1.82, 2.24) is 4.90 Å². The van der Waals surface area contributed by atoms with Gasteiger partial charge in [-0.3, -0.25) is 4.79 Å². The van der Waals surface area contributed by atoms with Crippen molar-refractivity contribution in [2.24, 2.45) is 0 Å². The Morgan fingerprint density at radius 3 is 2.14 bits per heavy atom. The molecule has 2 aromatic rings. The van der Waals surface area contributed by atoms with Crippen molar-refractivity contribution >= 4 is 11.9 Å². The SMILES string of the molecule is CCN(CC(O)c1ccc(C)cc1)C(=O)c1cc(C)c(OCC(=O)O)c(C)c1. The molecule has 28 heavy (non-hydrogen) atoms. The molecule has 0 fully saturated rings. The molecule has 6 nitrogen and oxygen atoms in total. The molecule has 0 aromatic heterocycles. The molecule has 0 radical (unpaired) electrons. The molecule has 2 N–H and O–H groups in total. The number of ether oxygens (including phenoxy) is 1. The number of benzene rings is 2. The maximum Gasteiger partial charge on any atom is 0.341 e. The minimum absolute atomic E-state index is 0.188. The van der Waals surface area contributed by atoms with Crippen LogP contribution in [0.15, 0.2) is 36.4 Å². The minimum atomic E-state index is -1.05. The predicted molar refractivity (Wildman–Crippen MR) is 107 cm³/mol. The third kappa shape index (κ3) is 5.33. The molecule has 1 atom stereocenters. The van der Waals surface area contributed by atoms with E-state index >= 15 is 0 Å². The van der Waals surface area contributed by atoms with Crippen LogP contribution >= 0.6 is 0 Å². The normalized spacial score (nSPS) is 11.8. The minimum Gasteiger partial charge on any atom is -0.481 e. The van der Waals surface area contributed by atoms with Gasteiger partial charge in [0.1, 0.15) is 5.75 Å². The van der Waals surface area contributed by atoms with Crippen LogP contribution in [0.1, 0.15) is 45.6 Å². The van der Waals surface area contributed by atoms with Crippen LogP contribution in [-0.2, 0) is 4.79 Å². The van der Waals surface area contributed by atoms with Crippen LogP contribution in [0.3, 0.4) is 0 Å². The number of aryl methyl sites for hydroxylation is 3. The zero-order valence-electron chi connectivity index (χ0n) is 16.7. The number of aliphatic hydroxyl groups is 1. The summed E-state index contributed by atoms with van der Waals surface area (Å²) in [5.74, 6) is -0.771. The number of hydrogen-bond donors (Lipinski definition) is 2. The molecule has 2 rings (SSSR count). The Kier molecular flexibility index (Phi) is 7.18. The second kappa shape index (κ2) is 9.37. The number of aliphatic carboxylic acids is 1. The number of nitrogens with zero attached hydrogens (tertiary/aromatic N) is 1. The third-order valence-electron chi connectivity index (χ3n) is 4.57. The van der Waals surface area contributed by atoms with Gasteiger partial charge in [0.25, 0.3) is 5.91 Å². The molecular formula is C22H27NO5. The van der Waals surface area contributed by atoms with E-state index in [0.29, 0.717) is 29.0 Å². The van der Waals surface area contributed by atoms with E-state index in [4.69, 9.17) is 9.84 Å². The van der Waals surface area contributed by atoms with Crippen LogP contribution in [-0.4, -0.2) is 46.7 Å². The van der Waals surface area contributed by atoms with Gasteiger partial charge < -0.3 is 19.8 Å². The summed E-state index contributed by atoms with van der Waals surface area (Å²) in [6.07, 6.45) is -0.773. The summed E-state index contributed by atoms with van der Waals surface area (Å²) < 4.78 is 5.32. The standard InChI is InChI=1S/C22H27NO5/c1-5-23(12-19(24)17-8-6-14(2)7-9-17)22(27)18-10-15(3)21(16(4)11-18)28-13-20(25)26/h6-11,19,24H,5,12-13H2,1-4H3,(H,25,26). The fourth-order valence-electron chi connectivity index (χ4n) is 3.08. The van der Waals surface area contributed by atoms with Crippen LogP contribution < -0.4 is 4.74 Å². The molecule has 6 heteroatoms. The lowest BCUT2D eigenvalue weighted by Crippen LogP contribution is -2.34. The van der Waals surface area contributed by atoms with Gasteiger partial charge in [0, 0.05) is 12.1 Å². The van der Waals surface area contributed by atoms with Crippen LogP contribution in [0.25, 0.3) is 0 Å². The van der Waals surface area contributed by atoms with Crippen molar-refractivity contribution in [3.8, 4) is 5.75 Å². The van der Waals surface area contributed by atoms with Crippen molar-refractivity contribution in [3.63, 3.8) is 0 Å². The third-order valence-corrected chi connectivity index (χ3v) is 4.57. The fourth-order valence-corrected chi connectivity index (χ4v) is 3.08. The molecule has 0 spiro atoms. The topological polar surface area (TPSA) is 87.1 Å². The van der Waals surface area contributed by atoms with Gasteiger partial charge in [0.05, 0.1) is 12.6 Å². The maximum atomic E-state index is 13.0. The summed E-state index contributed by atoms with van der Waals surface area (Å²) in [6.45, 7) is 7.61. The molecule has 0 bridgehead atoms. The Labute approximate surface area is 165 Å². The lowest BCUT2D eigenvalue weighted by atomic mass is 10.0. The number of amides is 1. The summed E-state index contributed by atoms with van der Waals surface area (Å²) in [5, 5.41) is 19.3. The Hall–Kier alpha value is -2.86. The molecule has 0 aliphatic rings. The summed E-state index contributed by atoms with van der Waals surface area (Å²) >= 11 is 0. The van der Waals surface area contributed by atoms with E-state index in [9.17, 15) is 14.7 Å². The van der Waals surface area contributed by atoms with Crippen molar-refractivity contribution in [2.45, 2.75) is 33.8 Å². The first-order chi connectivity index (χ1) is 13.2. The van der Waals surface area contributed by atoms with E-state index in [-0.39, 0.29) is 12.5 Å². The summed E-state index contributed by atoms with van der Waals surface area (Å²) in [6, 6.07) is 11.0. The van der Waals surface area contributed by atoms with Gasteiger partial charge in [0.2, 0.25) is 0 Å². The highest BCUT2D eigenvalue weighted by Gasteiger charge is 2.20. The number of aliphatic hydroxyl groups excluding tert-OH is 1. The lowest BCUT2D eigenvalue weighted by molar-refractivity contribution is -0.139. The first-order valence-electron chi connectivity index (χ1n) is 9.22. The highest BCUT2D eigenvalue weighted by molar-refractivity contribution is 5.95. The smallest absolute Gasteiger partial charge is 0.341 e. The van der Waals surface area contributed by atoms with Crippen molar-refractivity contribution in [1.29, 1.82) is 0 Å². The number of rotatable bonds is 8. The van der Waals surface area contributed by atoms with E-state index < -0.39 is 18.7 Å². The molecule has 0 heterocycles. The Morgan fingerprint density at radius 2 is 1.64 bits per heavy atom. The first kappa shape index (κ1) is 21.4. The van der Waals surface area contributed by atoms with Crippen molar-refractivity contribution in [3.05, 3.63) is 64.2 Å². The highest BCUT2D eigenvalue weighted by Crippen LogP contribution is 2.26. The Bertz CT molecular complexity index is 822. The summed E-state index contributed by atoms with van der Waals surface area (Å²) in [5.41, 5.74) is 3.74. The largest absolute Gasteiger partial charge is 0.481 e. The number of carboxylic acids is 1. The summed E-state index contributed by atoms with van der Waals surface area (Å²) in [4.78, 5) is 25.3. The molecule has 0 saturated heterocycles. The second-order valence-electron chi connectivity index (χ2n) is 6.89. The average Bonchev–Trinajstić information content (AvgIpc) is 2.64. The molecule has 2 aromatic carbocycles. The molecule has 1 amide bonds. The lowest BCUT2D eigenvalue weighted by Gasteiger charge is -2.25. The van der Waals surface area contributed by atoms with E-state index in [1.54, 1.807) is 30.9 Å². The van der Waals surface area contributed by atoms with Gasteiger partial charge in [-0.2, -0.15) is 0 Å². The quantitative estimate of drug-likeness (QED) is 0.728. The summed E-state index contributed by atoms with van der Waals surface area (Å²) in [7, 11) is 0. The molecule has 1 unspecified atom stereocenters.